The third-order valence-electron chi connectivity index (χ3n) is 2.94. The Morgan fingerprint density at radius 1 is 1.29 bits per heavy atom. The lowest BCUT2D eigenvalue weighted by atomic mass is 9.87. The molecule has 0 radical (unpaired) electrons. The Balaban J connectivity index is 4.02. The summed E-state index contributed by atoms with van der Waals surface area (Å²) in [6.07, 6.45) is 8.49. The number of hydrogen-bond donors (Lipinski definition) is 1. The van der Waals surface area contributed by atoms with Gasteiger partial charge in [0.15, 0.2) is 0 Å². The minimum Gasteiger partial charge on any atom is -0.314 e. The van der Waals surface area contributed by atoms with Crippen LogP contribution in [-0.4, -0.2) is 12.6 Å². The highest BCUT2D eigenvalue weighted by atomic mass is 14.9. The second-order valence-corrected chi connectivity index (χ2v) is 4.41. The summed E-state index contributed by atoms with van der Waals surface area (Å²) in [5.74, 6) is 4.16. The molecule has 0 aromatic rings. The van der Waals surface area contributed by atoms with Gasteiger partial charge in [0.25, 0.3) is 0 Å². The summed E-state index contributed by atoms with van der Waals surface area (Å²) in [7, 11) is 0. The summed E-state index contributed by atoms with van der Waals surface area (Å²) in [5, 5.41) is 3.59. The van der Waals surface area contributed by atoms with E-state index in [0.717, 1.165) is 25.3 Å². The van der Waals surface area contributed by atoms with Gasteiger partial charge < -0.3 is 5.32 Å². The Morgan fingerprint density at radius 3 is 2.36 bits per heavy atom. The maximum Gasteiger partial charge on any atom is 0.0104 e. The fourth-order valence-electron chi connectivity index (χ4n) is 1.58. The van der Waals surface area contributed by atoms with E-state index in [1.807, 2.05) is 0 Å². The maximum absolute atomic E-state index is 5.30. The molecule has 0 bridgehead atoms. The standard InChI is InChI=1S/C13H25N/c1-6-8-9-13(14-10-7-2)12(5)11(3)4/h1,11-14H,7-10H2,2-5H3. The van der Waals surface area contributed by atoms with Crippen LogP contribution < -0.4 is 5.32 Å². The van der Waals surface area contributed by atoms with Gasteiger partial charge in [0, 0.05) is 12.5 Å². The summed E-state index contributed by atoms with van der Waals surface area (Å²) in [5.41, 5.74) is 0. The highest BCUT2D eigenvalue weighted by molar-refractivity contribution is 4.87. The fraction of sp³-hybridized carbons (Fsp3) is 0.846. The van der Waals surface area contributed by atoms with E-state index in [1.54, 1.807) is 0 Å². The Labute approximate surface area is 89.7 Å². The molecule has 0 fully saturated rings. The zero-order valence-corrected chi connectivity index (χ0v) is 10.1. The van der Waals surface area contributed by atoms with Crippen molar-refractivity contribution in [3.63, 3.8) is 0 Å². The molecule has 1 nitrogen and oxygen atoms in total. The van der Waals surface area contributed by atoms with E-state index in [1.165, 1.54) is 6.42 Å². The highest BCUT2D eigenvalue weighted by Crippen LogP contribution is 2.18. The minimum atomic E-state index is 0.589. The molecule has 0 spiro atoms. The van der Waals surface area contributed by atoms with E-state index in [9.17, 15) is 0 Å². The van der Waals surface area contributed by atoms with Crippen molar-refractivity contribution in [1.29, 1.82) is 0 Å². The molecule has 0 amide bonds. The first kappa shape index (κ1) is 13.5. The van der Waals surface area contributed by atoms with Crippen LogP contribution in [0.15, 0.2) is 0 Å². The van der Waals surface area contributed by atoms with Crippen molar-refractivity contribution in [1.82, 2.24) is 5.32 Å². The van der Waals surface area contributed by atoms with Gasteiger partial charge in [-0.1, -0.05) is 27.7 Å². The molecule has 2 unspecified atom stereocenters. The third-order valence-corrected chi connectivity index (χ3v) is 2.94. The first-order valence-corrected chi connectivity index (χ1v) is 5.80. The number of nitrogens with one attached hydrogen (secondary N) is 1. The van der Waals surface area contributed by atoms with Gasteiger partial charge in [0.05, 0.1) is 0 Å². The maximum atomic E-state index is 5.30. The quantitative estimate of drug-likeness (QED) is 0.616. The number of rotatable bonds is 7. The minimum absolute atomic E-state index is 0.589. The largest absolute Gasteiger partial charge is 0.314 e. The Kier molecular flexibility index (Phi) is 7.61. The van der Waals surface area contributed by atoms with Crippen LogP contribution in [0.25, 0.3) is 0 Å². The van der Waals surface area contributed by atoms with E-state index < -0.39 is 0 Å². The smallest absolute Gasteiger partial charge is 0.0104 e. The number of hydrogen-bond acceptors (Lipinski definition) is 1. The molecule has 0 heterocycles. The van der Waals surface area contributed by atoms with Crippen LogP contribution in [0.3, 0.4) is 0 Å². The normalized spacial score (nSPS) is 15.1. The molecule has 0 aromatic heterocycles. The van der Waals surface area contributed by atoms with E-state index >= 15 is 0 Å². The van der Waals surface area contributed by atoms with Crippen molar-refractivity contribution in [3.8, 4) is 12.3 Å². The van der Waals surface area contributed by atoms with E-state index in [0.29, 0.717) is 12.0 Å². The lowest BCUT2D eigenvalue weighted by Crippen LogP contribution is -2.37. The Bertz CT molecular complexity index is 167. The second kappa shape index (κ2) is 7.88. The molecule has 14 heavy (non-hydrogen) atoms. The van der Waals surface area contributed by atoms with Crippen LogP contribution in [-0.2, 0) is 0 Å². The van der Waals surface area contributed by atoms with Crippen molar-refractivity contribution in [2.45, 2.75) is 53.0 Å². The summed E-state index contributed by atoms with van der Waals surface area (Å²) < 4.78 is 0. The average molecular weight is 195 g/mol. The van der Waals surface area contributed by atoms with Gasteiger partial charge in [0.2, 0.25) is 0 Å². The fourth-order valence-corrected chi connectivity index (χ4v) is 1.58. The lowest BCUT2D eigenvalue weighted by molar-refractivity contribution is 0.288. The van der Waals surface area contributed by atoms with Crippen LogP contribution in [0.2, 0.25) is 0 Å². The summed E-state index contributed by atoms with van der Waals surface area (Å²) in [6.45, 7) is 10.2. The highest BCUT2D eigenvalue weighted by Gasteiger charge is 2.18. The van der Waals surface area contributed by atoms with Crippen molar-refractivity contribution in [2.75, 3.05) is 6.54 Å². The first-order chi connectivity index (χ1) is 6.63. The van der Waals surface area contributed by atoms with Gasteiger partial charge in [-0.05, 0) is 31.2 Å². The van der Waals surface area contributed by atoms with E-state index in [2.05, 4.69) is 38.9 Å². The predicted molar refractivity (Wildman–Crippen MR) is 64.2 cm³/mol. The van der Waals surface area contributed by atoms with Gasteiger partial charge >= 0.3 is 0 Å². The zero-order valence-electron chi connectivity index (χ0n) is 10.1. The zero-order chi connectivity index (χ0) is 11.0. The van der Waals surface area contributed by atoms with Crippen LogP contribution in [0, 0.1) is 24.2 Å². The SMILES string of the molecule is C#CCCC(NCCC)C(C)C(C)C. The topological polar surface area (TPSA) is 12.0 Å². The Morgan fingerprint density at radius 2 is 1.93 bits per heavy atom. The van der Waals surface area contributed by atoms with Crippen molar-refractivity contribution >= 4 is 0 Å². The molecule has 0 aliphatic carbocycles. The molecule has 0 aromatic carbocycles. The van der Waals surface area contributed by atoms with Gasteiger partial charge in [0.1, 0.15) is 0 Å². The second-order valence-electron chi connectivity index (χ2n) is 4.41. The molecule has 2 atom stereocenters. The van der Waals surface area contributed by atoms with Gasteiger partial charge in [-0.25, -0.2) is 0 Å². The third kappa shape index (κ3) is 5.29. The molecule has 0 rings (SSSR count). The molecule has 0 aliphatic heterocycles. The van der Waals surface area contributed by atoms with Crippen LogP contribution in [0.1, 0.15) is 47.0 Å². The monoisotopic (exact) mass is 195 g/mol. The molecule has 0 aliphatic rings. The average Bonchev–Trinajstić information content (AvgIpc) is 2.17. The number of terminal acetylenes is 1. The molecule has 1 N–H and O–H groups in total. The summed E-state index contributed by atoms with van der Waals surface area (Å²) in [4.78, 5) is 0. The molecular weight excluding hydrogens is 170 g/mol. The molecular formula is C13H25N. The molecule has 0 saturated heterocycles. The summed E-state index contributed by atoms with van der Waals surface area (Å²) in [6, 6.07) is 0.589. The molecule has 0 saturated carbocycles. The van der Waals surface area contributed by atoms with Crippen LogP contribution in [0.4, 0.5) is 0 Å². The Hall–Kier alpha value is -0.480. The summed E-state index contributed by atoms with van der Waals surface area (Å²) >= 11 is 0. The van der Waals surface area contributed by atoms with Crippen LogP contribution in [0.5, 0.6) is 0 Å². The van der Waals surface area contributed by atoms with Crippen molar-refractivity contribution in [2.24, 2.45) is 11.8 Å². The van der Waals surface area contributed by atoms with Crippen molar-refractivity contribution < 1.29 is 0 Å². The van der Waals surface area contributed by atoms with E-state index in [-0.39, 0.29) is 0 Å². The molecule has 82 valence electrons. The van der Waals surface area contributed by atoms with E-state index in [4.69, 9.17) is 6.42 Å². The van der Waals surface area contributed by atoms with Crippen LogP contribution >= 0.6 is 0 Å². The lowest BCUT2D eigenvalue weighted by Gasteiger charge is -2.27. The van der Waals surface area contributed by atoms with Gasteiger partial charge in [-0.15, -0.1) is 12.3 Å². The predicted octanol–water partition coefficient (Wildman–Crippen LogP) is 3.06. The van der Waals surface area contributed by atoms with Gasteiger partial charge in [-0.3, -0.25) is 0 Å². The van der Waals surface area contributed by atoms with Crippen molar-refractivity contribution in [3.05, 3.63) is 0 Å². The first-order valence-electron chi connectivity index (χ1n) is 5.80. The van der Waals surface area contributed by atoms with Gasteiger partial charge in [-0.2, -0.15) is 0 Å². The molecule has 1 heteroatoms.